The Morgan fingerprint density at radius 1 is 1.17 bits per heavy atom. The minimum atomic E-state index is 0.199. The van der Waals surface area contributed by atoms with Crippen molar-refractivity contribution in [2.24, 2.45) is 0 Å². The predicted octanol–water partition coefficient (Wildman–Crippen LogP) is 4.19. The minimum Gasteiger partial charge on any atom is -0.497 e. The molecule has 4 N–H and O–H groups in total. The number of methoxy groups -OCH3 is 2. The zero-order valence-corrected chi connectivity index (χ0v) is 16.7. The number of nitrogens with zero attached hydrogens (tertiary/aromatic N) is 2. The van der Waals surface area contributed by atoms with Crippen molar-refractivity contribution >= 4 is 34.9 Å². The molecule has 0 amide bonds. The topological polar surface area (TPSA) is 108 Å². The van der Waals surface area contributed by atoms with E-state index in [0.29, 0.717) is 29.0 Å². The lowest BCUT2D eigenvalue weighted by molar-refractivity contribution is 0.404. The summed E-state index contributed by atoms with van der Waals surface area (Å²) in [6, 6.07) is 12.7. The number of benzene rings is 2. The van der Waals surface area contributed by atoms with Gasteiger partial charge in [0.15, 0.2) is 5.82 Å². The van der Waals surface area contributed by atoms with Crippen molar-refractivity contribution in [1.29, 1.82) is 5.41 Å². The van der Waals surface area contributed by atoms with Crippen LogP contribution < -0.4 is 20.1 Å². The summed E-state index contributed by atoms with van der Waals surface area (Å²) in [5.74, 6) is 2.80. The van der Waals surface area contributed by atoms with E-state index in [0.717, 1.165) is 17.1 Å². The zero-order chi connectivity index (χ0) is 20.6. The second-order valence-corrected chi connectivity index (χ2v) is 6.40. The SMILES string of the molecule is COc1ccc(OC)c(NCc2nnc(/C=C\C(=N)Nc3cccc(Cl)c3)[nH]2)c1. The van der Waals surface area contributed by atoms with Crippen molar-refractivity contribution in [3.05, 3.63) is 65.2 Å². The lowest BCUT2D eigenvalue weighted by Crippen LogP contribution is -2.06. The van der Waals surface area contributed by atoms with Crippen LogP contribution in [-0.4, -0.2) is 35.2 Å². The van der Waals surface area contributed by atoms with E-state index in [1.807, 2.05) is 30.3 Å². The smallest absolute Gasteiger partial charge is 0.154 e. The summed E-state index contributed by atoms with van der Waals surface area (Å²) in [6.07, 6.45) is 3.26. The summed E-state index contributed by atoms with van der Waals surface area (Å²) < 4.78 is 10.6. The molecule has 3 aromatic rings. The number of ether oxygens (including phenoxy) is 2. The van der Waals surface area contributed by atoms with Gasteiger partial charge in [0.1, 0.15) is 23.2 Å². The molecule has 0 aliphatic heterocycles. The number of anilines is 2. The first kappa shape index (κ1) is 20.2. The Balaban J connectivity index is 1.58. The fourth-order valence-corrected chi connectivity index (χ4v) is 2.71. The summed E-state index contributed by atoms with van der Waals surface area (Å²) >= 11 is 5.94. The van der Waals surface area contributed by atoms with E-state index in [2.05, 4.69) is 25.8 Å². The van der Waals surface area contributed by atoms with E-state index < -0.39 is 0 Å². The number of halogens is 1. The average molecular weight is 413 g/mol. The van der Waals surface area contributed by atoms with Gasteiger partial charge in [-0.25, -0.2) is 0 Å². The summed E-state index contributed by atoms with van der Waals surface area (Å²) in [4.78, 5) is 3.09. The van der Waals surface area contributed by atoms with Crippen molar-refractivity contribution in [3.63, 3.8) is 0 Å². The fraction of sp³-hybridized carbons (Fsp3) is 0.150. The van der Waals surface area contributed by atoms with Crippen LogP contribution in [0.3, 0.4) is 0 Å². The maximum absolute atomic E-state index is 7.99. The molecule has 0 atom stereocenters. The fourth-order valence-electron chi connectivity index (χ4n) is 2.52. The number of rotatable bonds is 8. The highest BCUT2D eigenvalue weighted by Gasteiger charge is 2.07. The third-order valence-corrected chi connectivity index (χ3v) is 4.15. The molecular weight excluding hydrogens is 392 g/mol. The Morgan fingerprint density at radius 2 is 2.03 bits per heavy atom. The Hall–Kier alpha value is -3.52. The molecule has 1 heterocycles. The molecule has 0 bridgehead atoms. The number of nitrogens with one attached hydrogen (secondary N) is 4. The molecule has 150 valence electrons. The molecule has 29 heavy (non-hydrogen) atoms. The molecule has 0 aliphatic rings. The van der Waals surface area contributed by atoms with Crippen molar-refractivity contribution in [2.75, 3.05) is 24.9 Å². The van der Waals surface area contributed by atoms with Crippen LogP contribution in [0.15, 0.2) is 48.5 Å². The van der Waals surface area contributed by atoms with Crippen LogP contribution in [-0.2, 0) is 6.54 Å². The Morgan fingerprint density at radius 3 is 2.79 bits per heavy atom. The highest BCUT2D eigenvalue weighted by Crippen LogP contribution is 2.29. The molecule has 8 nitrogen and oxygen atoms in total. The molecule has 0 spiro atoms. The maximum atomic E-state index is 7.99. The van der Waals surface area contributed by atoms with E-state index in [9.17, 15) is 0 Å². The highest BCUT2D eigenvalue weighted by atomic mass is 35.5. The monoisotopic (exact) mass is 412 g/mol. The van der Waals surface area contributed by atoms with Crippen molar-refractivity contribution in [1.82, 2.24) is 15.2 Å². The molecule has 0 saturated heterocycles. The van der Waals surface area contributed by atoms with Gasteiger partial charge in [0.2, 0.25) is 0 Å². The molecule has 0 unspecified atom stereocenters. The van der Waals surface area contributed by atoms with Crippen LogP contribution in [0, 0.1) is 5.41 Å². The average Bonchev–Trinajstić information content (AvgIpc) is 3.18. The number of hydrogen-bond donors (Lipinski definition) is 4. The van der Waals surface area contributed by atoms with Crippen molar-refractivity contribution < 1.29 is 9.47 Å². The second-order valence-electron chi connectivity index (χ2n) is 5.96. The lowest BCUT2D eigenvalue weighted by Gasteiger charge is -2.11. The largest absolute Gasteiger partial charge is 0.497 e. The molecule has 0 radical (unpaired) electrons. The summed E-state index contributed by atoms with van der Waals surface area (Å²) in [5.41, 5.74) is 1.52. The third-order valence-electron chi connectivity index (χ3n) is 3.92. The Bertz CT molecular complexity index is 1020. The van der Waals surface area contributed by atoms with E-state index in [-0.39, 0.29) is 5.84 Å². The van der Waals surface area contributed by atoms with Gasteiger partial charge in [0.25, 0.3) is 0 Å². The second kappa shape index (κ2) is 9.61. The zero-order valence-electron chi connectivity index (χ0n) is 16.0. The van der Waals surface area contributed by atoms with Crippen LogP contribution in [0.4, 0.5) is 11.4 Å². The van der Waals surface area contributed by atoms with E-state index in [4.69, 9.17) is 26.5 Å². The number of hydrogen-bond acceptors (Lipinski definition) is 6. The van der Waals surface area contributed by atoms with Crippen LogP contribution in [0.25, 0.3) is 6.08 Å². The number of aromatic nitrogens is 3. The first-order chi connectivity index (χ1) is 14.1. The minimum absolute atomic E-state index is 0.199. The molecule has 0 fully saturated rings. The summed E-state index contributed by atoms with van der Waals surface area (Å²) in [6.45, 7) is 0.419. The van der Waals surface area contributed by atoms with Crippen molar-refractivity contribution in [2.45, 2.75) is 6.54 Å². The Labute approximate surface area is 173 Å². The standard InChI is InChI=1S/C20H21ClN6O2/c1-28-15-6-7-17(29-2)16(11-15)23-12-20-25-19(26-27-20)9-8-18(22)24-14-5-3-4-13(21)10-14/h3-11,23H,12H2,1-2H3,(H2,22,24)(H,25,26,27)/b9-8-. The van der Waals surface area contributed by atoms with Gasteiger partial charge in [-0.05, 0) is 42.5 Å². The lowest BCUT2D eigenvalue weighted by atomic mass is 10.2. The molecule has 0 aliphatic carbocycles. The van der Waals surface area contributed by atoms with E-state index in [1.165, 1.54) is 0 Å². The Kier molecular flexibility index (Phi) is 6.70. The molecule has 9 heteroatoms. The molecule has 2 aromatic carbocycles. The molecular formula is C20H21ClN6O2. The summed E-state index contributed by atoms with van der Waals surface area (Å²) in [5, 5.41) is 22.9. The molecule has 0 saturated carbocycles. The highest BCUT2D eigenvalue weighted by molar-refractivity contribution is 6.30. The first-order valence-electron chi connectivity index (χ1n) is 8.74. The van der Waals surface area contributed by atoms with Crippen LogP contribution in [0.2, 0.25) is 5.02 Å². The van der Waals surface area contributed by atoms with Gasteiger partial charge in [-0.1, -0.05) is 17.7 Å². The predicted molar refractivity (Wildman–Crippen MR) is 115 cm³/mol. The number of H-pyrrole nitrogens is 1. The number of aromatic amines is 1. The van der Waals surface area contributed by atoms with Gasteiger partial charge in [-0.2, -0.15) is 0 Å². The van der Waals surface area contributed by atoms with E-state index in [1.54, 1.807) is 38.5 Å². The van der Waals surface area contributed by atoms with Gasteiger partial charge in [0, 0.05) is 16.8 Å². The van der Waals surface area contributed by atoms with Gasteiger partial charge >= 0.3 is 0 Å². The quantitative estimate of drug-likeness (QED) is 0.326. The van der Waals surface area contributed by atoms with Crippen LogP contribution in [0.1, 0.15) is 11.6 Å². The summed E-state index contributed by atoms with van der Waals surface area (Å²) in [7, 11) is 3.22. The van der Waals surface area contributed by atoms with E-state index >= 15 is 0 Å². The molecule has 3 rings (SSSR count). The third kappa shape index (κ3) is 5.73. The maximum Gasteiger partial charge on any atom is 0.154 e. The van der Waals surface area contributed by atoms with Crippen molar-refractivity contribution in [3.8, 4) is 11.5 Å². The van der Waals surface area contributed by atoms with Gasteiger partial charge in [-0.15, -0.1) is 10.2 Å². The number of amidine groups is 1. The normalized spacial score (nSPS) is 10.7. The van der Waals surface area contributed by atoms with Gasteiger partial charge in [0.05, 0.1) is 26.5 Å². The van der Waals surface area contributed by atoms with Crippen LogP contribution >= 0.6 is 11.6 Å². The molecule has 1 aromatic heterocycles. The van der Waals surface area contributed by atoms with Gasteiger partial charge in [-0.3, -0.25) is 5.41 Å². The van der Waals surface area contributed by atoms with Crippen LogP contribution in [0.5, 0.6) is 11.5 Å². The first-order valence-corrected chi connectivity index (χ1v) is 9.12. The van der Waals surface area contributed by atoms with Gasteiger partial charge < -0.3 is 25.1 Å².